The van der Waals surface area contributed by atoms with Crippen LogP contribution in [0.1, 0.15) is 83.1 Å². The number of carbonyl (C=O) groups excluding carboxylic acids is 2. The predicted molar refractivity (Wildman–Crippen MR) is 146 cm³/mol. The molecule has 2 amide bonds. The molecule has 3 atom stereocenters. The second-order valence-electron chi connectivity index (χ2n) is 13.4. The number of hydrogen-bond donors (Lipinski definition) is 0. The Kier molecular flexibility index (Phi) is 7.97. The van der Waals surface area contributed by atoms with Crippen molar-refractivity contribution in [3.8, 4) is 0 Å². The molecule has 4 fully saturated rings. The quantitative estimate of drug-likeness (QED) is 0.453. The molecule has 2 heterocycles. The normalized spacial score (nSPS) is 29.2. The van der Waals surface area contributed by atoms with Crippen molar-refractivity contribution in [2.45, 2.75) is 89.1 Å². The van der Waals surface area contributed by atoms with Crippen LogP contribution in [-0.2, 0) is 9.53 Å². The van der Waals surface area contributed by atoms with Gasteiger partial charge in [0.15, 0.2) is 0 Å². The van der Waals surface area contributed by atoms with Crippen LogP contribution in [0, 0.1) is 28.9 Å². The first-order valence-corrected chi connectivity index (χ1v) is 14.9. The molecule has 6 nitrogen and oxygen atoms in total. The van der Waals surface area contributed by atoms with Crippen LogP contribution in [0.5, 0.6) is 0 Å². The second-order valence-corrected chi connectivity index (χ2v) is 13.4. The molecule has 39 heavy (non-hydrogen) atoms. The number of benzene rings is 1. The minimum absolute atomic E-state index is 0.0257. The molecule has 2 unspecified atom stereocenters. The number of likely N-dealkylation sites (tertiary alicyclic amines) is 1. The van der Waals surface area contributed by atoms with E-state index in [0.29, 0.717) is 50.6 Å². The Morgan fingerprint density at radius 3 is 2.36 bits per heavy atom. The molecule has 2 saturated carbocycles. The fourth-order valence-corrected chi connectivity index (χ4v) is 7.90. The Bertz CT molecular complexity index is 1060. The molecule has 216 valence electrons. The number of piperidine rings is 1. The molecule has 0 radical (unpaired) electrons. The molecule has 2 saturated heterocycles. The average molecular weight is 546 g/mol. The van der Waals surface area contributed by atoms with Crippen LogP contribution in [0.25, 0.3) is 0 Å². The molecule has 0 N–H and O–H groups in total. The largest absolute Gasteiger partial charge is 0.447 e. The third-order valence-corrected chi connectivity index (χ3v) is 10.5. The zero-order chi connectivity index (χ0) is 27.9. The van der Waals surface area contributed by atoms with E-state index in [1.54, 1.807) is 0 Å². The van der Waals surface area contributed by atoms with Crippen LogP contribution < -0.4 is 0 Å². The van der Waals surface area contributed by atoms with Gasteiger partial charge in [-0.25, -0.2) is 13.6 Å². The van der Waals surface area contributed by atoms with E-state index in [4.69, 9.17) is 4.74 Å². The number of carbonyl (C=O) groups is 2. The van der Waals surface area contributed by atoms with Gasteiger partial charge in [0, 0.05) is 37.7 Å². The highest BCUT2D eigenvalue weighted by Crippen LogP contribution is 2.49. The highest BCUT2D eigenvalue weighted by molar-refractivity contribution is 5.80. The third kappa shape index (κ3) is 5.55. The van der Waals surface area contributed by atoms with Crippen molar-refractivity contribution in [1.29, 1.82) is 0 Å². The minimum atomic E-state index is -0.596. The lowest BCUT2D eigenvalue weighted by Crippen LogP contribution is -2.55. The number of halogens is 2. The maximum Gasteiger partial charge on any atom is 0.410 e. The summed E-state index contributed by atoms with van der Waals surface area (Å²) in [5.74, 6) is -1.12. The van der Waals surface area contributed by atoms with Gasteiger partial charge in [-0.05, 0) is 95.3 Å². The number of ether oxygens (including phenoxy) is 1. The first kappa shape index (κ1) is 28.3. The number of hydrogen-bond acceptors (Lipinski definition) is 4. The SMILES string of the molecule is CN(C)[C@H]1CC(C(=O)N2CCC(CN3C(=O)OCC3(C)C)(C3CCCCC3)CC2)C(c2ccc(F)cc2F)C1. The van der Waals surface area contributed by atoms with Gasteiger partial charge < -0.3 is 14.5 Å². The van der Waals surface area contributed by atoms with Crippen LogP contribution in [0.4, 0.5) is 13.6 Å². The Morgan fingerprint density at radius 2 is 1.77 bits per heavy atom. The highest BCUT2D eigenvalue weighted by Gasteiger charge is 2.50. The van der Waals surface area contributed by atoms with Crippen molar-refractivity contribution < 1.29 is 23.1 Å². The van der Waals surface area contributed by atoms with E-state index in [1.807, 2.05) is 23.9 Å². The summed E-state index contributed by atoms with van der Waals surface area (Å²) >= 11 is 0. The van der Waals surface area contributed by atoms with Crippen LogP contribution in [-0.4, -0.2) is 78.6 Å². The van der Waals surface area contributed by atoms with Gasteiger partial charge >= 0.3 is 6.09 Å². The van der Waals surface area contributed by atoms with E-state index in [0.717, 1.165) is 18.9 Å². The molecular formula is C31H45F2N3O3. The summed E-state index contributed by atoms with van der Waals surface area (Å²) in [5, 5.41) is 0. The summed E-state index contributed by atoms with van der Waals surface area (Å²) in [4.78, 5) is 32.8. The summed E-state index contributed by atoms with van der Waals surface area (Å²) in [6.45, 7) is 6.54. The molecule has 0 spiro atoms. The van der Waals surface area contributed by atoms with Crippen molar-refractivity contribution in [3.05, 3.63) is 35.4 Å². The highest BCUT2D eigenvalue weighted by atomic mass is 19.1. The Hall–Kier alpha value is -2.22. The number of nitrogens with zero attached hydrogens (tertiary/aromatic N) is 3. The van der Waals surface area contributed by atoms with Crippen molar-refractivity contribution in [2.75, 3.05) is 40.3 Å². The molecule has 1 aromatic rings. The Morgan fingerprint density at radius 1 is 1.08 bits per heavy atom. The van der Waals surface area contributed by atoms with Crippen LogP contribution in [0.2, 0.25) is 0 Å². The molecule has 1 aromatic carbocycles. The summed E-state index contributed by atoms with van der Waals surface area (Å²) in [6.07, 6.45) is 8.92. The number of amides is 2. The Balaban J connectivity index is 1.35. The number of cyclic esters (lactones) is 1. The van der Waals surface area contributed by atoms with E-state index in [-0.39, 0.29) is 40.8 Å². The van der Waals surface area contributed by atoms with E-state index < -0.39 is 11.6 Å². The van der Waals surface area contributed by atoms with E-state index in [1.165, 1.54) is 44.2 Å². The number of rotatable bonds is 6. The van der Waals surface area contributed by atoms with E-state index in [9.17, 15) is 18.4 Å². The van der Waals surface area contributed by atoms with E-state index >= 15 is 0 Å². The smallest absolute Gasteiger partial charge is 0.410 e. The summed E-state index contributed by atoms with van der Waals surface area (Å²) in [6, 6.07) is 3.93. The lowest BCUT2D eigenvalue weighted by molar-refractivity contribution is -0.139. The van der Waals surface area contributed by atoms with Crippen LogP contribution in [0.3, 0.4) is 0 Å². The molecule has 0 bridgehead atoms. The zero-order valence-electron chi connectivity index (χ0n) is 24.1. The van der Waals surface area contributed by atoms with Gasteiger partial charge in [-0.15, -0.1) is 0 Å². The Labute approximate surface area is 232 Å². The molecule has 0 aromatic heterocycles. The predicted octanol–water partition coefficient (Wildman–Crippen LogP) is 5.81. The molecule has 5 rings (SSSR count). The minimum Gasteiger partial charge on any atom is -0.447 e. The molecule has 2 aliphatic carbocycles. The topological polar surface area (TPSA) is 53.1 Å². The third-order valence-electron chi connectivity index (χ3n) is 10.5. The van der Waals surface area contributed by atoms with Crippen LogP contribution >= 0.6 is 0 Å². The van der Waals surface area contributed by atoms with Crippen molar-refractivity contribution in [3.63, 3.8) is 0 Å². The molecule has 4 aliphatic rings. The second kappa shape index (κ2) is 11.0. The summed E-state index contributed by atoms with van der Waals surface area (Å²) < 4.78 is 34.0. The van der Waals surface area contributed by atoms with Crippen molar-refractivity contribution in [2.24, 2.45) is 17.3 Å². The van der Waals surface area contributed by atoms with Crippen molar-refractivity contribution in [1.82, 2.24) is 14.7 Å². The van der Waals surface area contributed by atoms with Gasteiger partial charge in [-0.2, -0.15) is 0 Å². The maximum atomic E-state index is 14.9. The average Bonchev–Trinajstić information content (AvgIpc) is 3.46. The van der Waals surface area contributed by atoms with Gasteiger partial charge in [0.2, 0.25) is 5.91 Å². The fraction of sp³-hybridized carbons (Fsp3) is 0.742. The molecule has 8 heteroatoms. The fourth-order valence-electron chi connectivity index (χ4n) is 7.90. The lowest BCUT2D eigenvalue weighted by atomic mass is 9.63. The standard InChI is InChI=1S/C31H45F2N3O3/c1-30(2)20-39-29(38)36(30)19-31(21-8-6-5-7-9-21)12-14-35(15-13-31)28(37)26-18-23(34(3)4)17-25(26)24-11-10-22(32)16-27(24)33/h10-11,16,21,23,25-26H,5-9,12-15,17-20H2,1-4H3/t23-,25?,26?/m1/s1. The first-order valence-electron chi connectivity index (χ1n) is 14.9. The lowest BCUT2D eigenvalue weighted by Gasteiger charge is -2.51. The van der Waals surface area contributed by atoms with Crippen molar-refractivity contribution >= 4 is 12.0 Å². The van der Waals surface area contributed by atoms with E-state index in [2.05, 4.69) is 18.7 Å². The molecule has 2 aliphatic heterocycles. The first-order chi connectivity index (χ1) is 18.5. The van der Waals surface area contributed by atoms with Gasteiger partial charge in [0.05, 0.1) is 5.54 Å². The monoisotopic (exact) mass is 545 g/mol. The van der Waals surface area contributed by atoms with Gasteiger partial charge in [-0.1, -0.05) is 25.3 Å². The zero-order valence-corrected chi connectivity index (χ0v) is 24.1. The summed E-state index contributed by atoms with van der Waals surface area (Å²) in [7, 11) is 4.00. The summed E-state index contributed by atoms with van der Waals surface area (Å²) in [5.41, 5.74) is 0.0909. The molecular weight excluding hydrogens is 500 g/mol. The van der Waals surface area contributed by atoms with Crippen LogP contribution in [0.15, 0.2) is 18.2 Å². The van der Waals surface area contributed by atoms with Gasteiger partial charge in [-0.3, -0.25) is 9.69 Å². The van der Waals surface area contributed by atoms with Gasteiger partial charge in [0.1, 0.15) is 18.2 Å². The van der Waals surface area contributed by atoms with Gasteiger partial charge in [0.25, 0.3) is 0 Å². The maximum absolute atomic E-state index is 14.9.